The molecule has 2 aliphatic heterocycles. The molecule has 0 aliphatic carbocycles. The summed E-state index contributed by atoms with van der Waals surface area (Å²) in [6.45, 7) is -2.47. The van der Waals surface area contributed by atoms with Crippen LogP contribution in [0.3, 0.4) is 0 Å². The van der Waals surface area contributed by atoms with E-state index in [4.69, 9.17) is 15.9 Å². The van der Waals surface area contributed by atoms with Crippen molar-refractivity contribution in [1.29, 1.82) is 5.41 Å². The molecule has 26 heteroatoms. The van der Waals surface area contributed by atoms with E-state index in [1.807, 2.05) is 0 Å². The molecular formula is C36H50FN15O10. The molecule has 336 valence electrons. The highest BCUT2D eigenvalue weighted by molar-refractivity contribution is 5.92. The van der Waals surface area contributed by atoms with E-state index < -0.39 is 104 Å². The van der Waals surface area contributed by atoms with Gasteiger partial charge in [0.25, 0.3) is 5.91 Å². The largest absolute Gasteiger partial charge is 0.388 e. The molecule has 2 bridgehead atoms. The summed E-state index contributed by atoms with van der Waals surface area (Å²) >= 11 is 0. The highest BCUT2D eigenvalue weighted by Gasteiger charge is 2.46. The first kappa shape index (κ1) is 46.4. The molecule has 6 amide bonds. The van der Waals surface area contributed by atoms with Crippen LogP contribution in [0.15, 0.2) is 42.7 Å². The van der Waals surface area contributed by atoms with Crippen LogP contribution >= 0.6 is 0 Å². The van der Waals surface area contributed by atoms with E-state index in [9.17, 15) is 48.5 Å². The zero-order valence-electron chi connectivity index (χ0n) is 33.3. The number of aliphatic hydroxyl groups is 3. The number of nitrogens with one attached hydrogen (secondary N) is 8. The van der Waals surface area contributed by atoms with Crippen molar-refractivity contribution >= 4 is 41.4 Å². The van der Waals surface area contributed by atoms with Crippen molar-refractivity contribution in [2.24, 2.45) is 5.73 Å². The second kappa shape index (κ2) is 22.3. The van der Waals surface area contributed by atoms with E-state index in [0.717, 1.165) is 4.68 Å². The van der Waals surface area contributed by atoms with Gasteiger partial charge in [-0.3, -0.25) is 34.2 Å². The van der Waals surface area contributed by atoms with Gasteiger partial charge in [0.15, 0.2) is 12.1 Å². The summed E-state index contributed by atoms with van der Waals surface area (Å²) in [5.41, 5.74) is 6.24. The summed E-state index contributed by atoms with van der Waals surface area (Å²) in [4.78, 5) is 78.7. The Morgan fingerprint density at radius 1 is 0.871 bits per heavy atom. The number of nitrogens with zero attached hydrogens (tertiary/aromatic N) is 6. The minimum atomic E-state index is -1.86. The van der Waals surface area contributed by atoms with Gasteiger partial charge in [-0.05, 0) is 31.2 Å². The molecule has 0 radical (unpaired) electrons. The molecule has 1 saturated heterocycles. The second-order valence-electron chi connectivity index (χ2n) is 14.4. The first-order valence-corrected chi connectivity index (χ1v) is 19.6. The number of ether oxygens (including phenoxy) is 1. The number of hydrogen-bond acceptors (Lipinski definition) is 15. The van der Waals surface area contributed by atoms with Crippen molar-refractivity contribution in [3.63, 3.8) is 0 Å². The average molecular weight is 872 g/mol. The Hall–Kier alpha value is -6.64. The number of halogens is 1. The summed E-state index contributed by atoms with van der Waals surface area (Å²) < 4.78 is 20.8. The summed E-state index contributed by atoms with van der Waals surface area (Å²) in [5, 5.41) is 72.8. The van der Waals surface area contributed by atoms with Gasteiger partial charge in [0.05, 0.1) is 31.5 Å². The third kappa shape index (κ3) is 12.9. The summed E-state index contributed by atoms with van der Waals surface area (Å²) in [7, 11) is 0. The van der Waals surface area contributed by atoms with Crippen LogP contribution in [0.4, 0.5) is 4.39 Å². The first-order chi connectivity index (χ1) is 29.7. The predicted molar refractivity (Wildman–Crippen MR) is 209 cm³/mol. The Bertz CT molecular complexity index is 2040. The number of aliphatic hydroxyl groups excluding tert-OH is 3. The van der Waals surface area contributed by atoms with Crippen LogP contribution in [0.5, 0.6) is 0 Å². The summed E-state index contributed by atoms with van der Waals surface area (Å²) in [6, 6.07) is 5.56. The molecule has 5 unspecified atom stereocenters. The first-order valence-electron chi connectivity index (χ1n) is 19.6. The Labute approximate surface area is 352 Å². The fourth-order valence-electron chi connectivity index (χ4n) is 6.58. The Kier molecular flexibility index (Phi) is 16.7. The van der Waals surface area contributed by atoms with Crippen LogP contribution in [0.25, 0.3) is 0 Å². The van der Waals surface area contributed by atoms with Crippen LogP contribution in [0.1, 0.15) is 54.7 Å². The lowest BCUT2D eigenvalue weighted by Gasteiger charge is -2.40. The molecule has 3 aromatic rings. The lowest BCUT2D eigenvalue weighted by Crippen LogP contribution is -2.63. The maximum absolute atomic E-state index is 14.1. The Balaban J connectivity index is 1.29. The number of alkyl halides is 1. The zero-order valence-corrected chi connectivity index (χ0v) is 33.3. The van der Waals surface area contributed by atoms with Crippen molar-refractivity contribution in [2.45, 2.75) is 87.5 Å². The molecule has 62 heavy (non-hydrogen) atoms. The van der Waals surface area contributed by atoms with Gasteiger partial charge >= 0.3 is 0 Å². The van der Waals surface area contributed by atoms with Crippen molar-refractivity contribution in [3.8, 4) is 0 Å². The monoisotopic (exact) mass is 871 g/mol. The van der Waals surface area contributed by atoms with Crippen molar-refractivity contribution < 1.29 is 53.2 Å². The number of rotatable bonds is 15. The van der Waals surface area contributed by atoms with Gasteiger partial charge in [-0.2, -0.15) is 0 Å². The zero-order chi connectivity index (χ0) is 44.8. The third-order valence-corrected chi connectivity index (χ3v) is 9.82. The van der Waals surface area contributed by atoms with E-state index in [-0.39, 0.29) is 69.2 Å². The van der Waals surface area contributed by atoms with Crippen LogP contribution < -0.4 is 43.0 Å². The number of guanidine groups is 1. The normalized spacial score (nSPS) is 24.8. The van der Waals surface area contributed by atoms with Gasteiger partial charge in [-0.1, -0.05) is 40.8 Å². The Morgan fingerprint density at radius 2 is 1.60 bits per heavy atom. The molecule has 2 aromatic heterocycles. The summed E-state index contributed by atoms with van der Waals surface area (Å²) in [6.07, 6.45) is -5.37. The number of nitrogens with two attached hydrogens (primary N) is 1. The molecule has 8 atom stereocenters. The van der Waals surface area contributed by atoms with E-state index in [1.54, 1.807) is 30.3 Å². The number of hydrogen-bond donors (Lipinski definition) is 12. The number of carbonyl (C=O) groups excluding carboxylic acids is 6. The van der Waals surface area contributed by atoms with Gasteiger partial charge in [-0.15, -0.1) is 10.2 Å². The molecule has 5 rings (SSSR count). The lowest BCUT2D eigenvalue weighted by atomic mass is 9.94. The van der Waals surface area contributed by atoms with Crippen LogP contribution in [-0.4, -0.2) is 156 Å². The van der Waals surface area contributed by atoms with E-state index in [2.05, 4.69) is 57.8 Å². The number of aromatic nitrogens is 6. The molecule has 0 spiro atoms. The smallest absolute Gasteiger partial charge is 0.251 e. The standard InChI is InChI=1S/C36H50FN15O10/c37-12-20-16-51(49-47-20)18-27(55)42-13-24-29(56)30(57)31(58)32(62-24)35(61)40-10-5-9-23-34(60)45-21(8-4-11-41-36(38)39)33(59)44-14-25(53)43-15-26(54)46-28(19-6-2-1-3-7-19)22-17-52(23)50-48-22/h1-3,6-7,16-17,21,23-24,28-32,56-58H,4-5,8-15,18H2,(H,40,61)(H,42,55)(H,43,53)(H,44,59)(H,45,60)(H,46,54)(H4,38,39,41)/t21-,23?,24+,28?,29?,30?,31-,32?/m0/s1. The Morgan fingerprint density at radius 3 is 2.32 bits per heavy atom. The topological polar surface area (TPSA) is 368 Å². The van der Waals surface area contributed by atoms with Gasteiger partial charge in [0.1, 0.15) is 61.1 Å². The number of amides is 6. The molecule has 1 fully saturated rings. The van der Waals surface area contributed by atoms with Gasteiger partial charge < -0.3 is 63.0 Å². The van der Waals surface area contributed by atoms with E-state index >= 15 is 0 Å². The quantitative estimate of drug-likeness (QED) is 0.0385. The van der Waals surface area contributed by atoms with Gasteiger partial charge in [0.2, 0.25) is 29.5 Å². The number of fused-ring (bicyclic) bond motifs is 2. The van der Waals surface area contributed by atoms with Crippen LogP contribution in [0.2, 0.25) is 0 Å². The van der Waals surface area contributed by atoms with Gasteiger partial charge in [-0.25, -0.2) is 13.8 Å². The van der Waals surface area contributed by atoms with Crippen molar-refractivity contribution in [3.05, 3.63) is 59.7 Å². The fraction of sp³-hybridized carbons (Fsp3) is 0.528. The van der Waals surface area contributed by atoms with Crippen LogP contribution in [-0.2, 0) is 46.7 Å². The highest BCUT2D eigenvalue weighted by atomic mass is 19.1. The number of benzene rings is 1. The molecular weight excluding hydrogens is 821 g/mol. The van der Waals surface area contributed by atoms with Gasteiger partial charge in [0, 0.05) is 19.6 Å². The molecule has 2 aliphatic rings. The van der Waals surface area contributed by atoms with Crippen LogP contribution in [0, 0.1) is 5.41 Å². The molecule has 0 saturated carbocycles. The molecule has 4 heterocycles. The van der Waals surface area contributed by atoms with E-state index in [1.165, 1.54) is 17.1 Å². The predicted octanol–water partition coefficient (Wildman–Crippen LogP) is -5.36. The van der Waals surface area contributed by atoms with E-state index in [0.29, 0.717) is 5.56 Å². The van der Waals surface area contributed by atoms with Crippen molar-refractivity contribution in [1.82, 2.24) is 67.2 Å². The third-order valence-electron chi connectivity index (χ3n) is 9.82. The lowest BCUT2D eigenvalue weighted by molar-refractivity contribution is -0.219. The highest BCUT2D eigenvalue weighted by Crippen LogP contribution is 2.24. The maximum atomic E-state index is 14.1. The summed E-state index contributed by atoms with van der Waals surface area (Å²) in [5.74, 6) is -4.45. The maximum Gasteiger partial charge on any atom is 0.251 e. The molecule has 1 aromatic carbocycles. The number of carbonyl (C=O) groups is 6. The average Bonchev–Trinajstić information content (AvgIpc) is 3.93. The van der Waals surface area contributed by atoms with Crippen molar-refractivity contribution in [2.75, 3.05) is 32.7 Å². The minimum Gasteiger partial charge on any atom is -0.388 e. The minimum absolute atomic E-state index is 0.0172. The molecule has 25 nitrogen and oxygen atoms in total. The molecule has 13 N–H and O–H groups in total. The fourth-order valence-corrected chi connectivity index (χ4v) is 6.58. The second-order valence-corrected chi connectivity index (χ2v) is 14.4. The SMILES string of the molecule is N=C(N)NCCC[C@@H]1NC(=O)C(CCCNC(=O)C2O[C@H](CNC(=O)Cn3cc(CF)nn3)C(O)C(O)[C@@H]2O)n2cc(nn2)C(c2ccccc2)NC(=O)CNC(=O)CNC1=O.